The summed E-state index contributed by atoms with van der Waals surface area (Å²) in [6, 6.07) is 5.02. The number of benzene rings is 1. The largest absolute Gasteiger partial charge is 0.371 e. The predicted molar refractivity (Wildman–Crippen MR) is 83.1 cm³/mol. The van der Waals surface area contributed by atoms with Gasteiger partial charge in [0.25, 0.3) is 0 Å². The third kappa shape index (κ3) is 3.86. The molecular formula is C16H16F2N2O2S. The number of carbonyl (C=O) groups excluding carboxylic acids is 1. The second-order valence-corrected chi connectivity index (χ2v) is 6.10. The van der Waals surface area contributed by atoms with Crippen LogP contribution in [-0.4, -0.2) is 18.7 Å². The number of thiophene rings is 1. The Balaban J connectivity index is 1.60. The monoisotopic (exact) mass is 338 g/mol. The quantitative estimate of drug-likeness (QED) is 0.898. The number of ether oxygens (including phenoxy) is 1. The lowest BCUT2D eigenvalue weighted by Crippen LogP contribution is -2.43. The average molecular weight is 338 g/mol. The summed E-state index contributed by atoms with van der Waals surface area (Å²) in [5, 5.41) is 9.51. The minimum absolute atomic E-state index is 0.276. The smallest absolute Gasteiger partial charge is 0.315 e. The number of hydrogen-bond donors (Lipinski definition) is 2. The fourth-order valence-electron chi connectivity index (χ4n) is 2.55. The topological polar surface area (TPSA) is 50.4 Å². The van der Waals surface area contributed by atoms with E-state index in [2.05, 4.69) is 10.6 Å². The zero-order valence-electron chi connectivity index (χ0n) is 12.2. The lowest BCUT2D eigenvalue weighted by Gasteiger charge is -2.20. The minimum Gasteiger partial charge on any atom is -0.371 e. The van der Waals surface area contributed by atoms with Gasteiger partial charge < -0.3 is 15.4 Å². The molecule has 0 aliphatic carbocycles. The Bertz CT molecular complexity index is 679. The van der Waals surface area contributed by atoms with E-state index < -0.39 is 17.7 Å². The molecule has 1 aromatic carbocycles. The van der Waals surface area contributed by atoms with Crippen LogP contribution in [0.3, 0.4) is 0 Å². The summed E-state index contributed by atoms with van der Waals surface area (Å²) in [4.78, 5) is 12.0. The molecule has 1 aliphatic heterocycles. The molecule has 23 heavy (non-hydrogen) atoms. The van der Waals surface area contributed by atoms with Crippen LogP contribution in [0.15, 0.2) is 35.0 Å². The minimum atomic E-state index is -0.918. The molecule has 0 unspecified atom stereocenters. The highest BCUT2D eigenvalue weighted by Crippen LogP contribution is 2.30. The summed E-state index contributed by atoms with van der Waals surface area (Å²) >= 11 is 1.57. The van der Waals surface area contributed by atoms with E-state index in [9.17, 15) is 13.6 Å². The molecule has 1 fully saturated rings. The molecule has 4 nitrogen and oxygen atoms in total. The zero-order chi connectivity index (χ0) is 16.2. The highest BCUT2D eigenvalue weighted by Gasteiger charge is 2.31. The number of urea groups is 1. The van der Waals surface area contributed by atoms with Gasteiger partial charge in [0.05, 0.1) is 6.04 Å². The van der Waals surface area contributed by atoms with Gasteiger partial charge in [-0.25, -0.2) is 13.6 Å². The SMILES string of the molecule is O=C(NCc1ccsc1)N[C@H]1CCO[C@H]1c1ccc(F)c(F)c1. The summed E-state index contributed by atoms with van der Waals surface area (Å²) in [5.41, 5.74) is 1.55. The van der Waals surface area contributed by atoms with E-state index in [-0.39, 0.29) is 12.1 Å². The van der Waals surface area contributed by atoms with Crippen molar-refractivity contribution in [3.05, 3.63) is 57.8 Å². The Morgan fingerprint density at radius 2 is 2.17 bits per heavy atom. The predicted octanol–water partition coefficient (Wildman–Crippen LogP) is 3.36. The molecule has 3 rings (SSSR count). The summed E-state index contributed by atoms with van der Waals surface area (Å²) in [7, 11) is 0. The second-order valence-electron chi connectivity index (χ2n) is 5.32. The van der Waals surface area contributed by atoms with Crippen LogP contribution in [0.25, 0.3) is 0 Å². The third-order valence-electron chi connectivity index (χ3n) is 3.71. The van der Waals surface area contributed by atoms with Crippen LogP contribution in [0.5, 0.6) is 0 Å². The van der Waals surface area contributed by atoms with Gasteiger partial charge in [0, 0.05) is 13.2 Å². The average Bonchev–Trinajstić information content (AvgIpc) is 3.19. The maximum absolute atomic E-state index is 13.4. The number of rotatable bonds is 4. The summed E-state index contributed by atoms with van der Waals surface area (Å²) in [6.45, 7) is 0.901. The molecule has 2 amide bonds. The van der Waals surface area contributed by atoms with Gasteiger partial charge in [-0.3, -0.25) is 0 Å². The first-order chi connectivity index (χ1) is 11.1. The number of nitrogens with one attached hydrogen (secondary N) is 2. The van der Waals surface area contributed by atoms with Gasteiger partial charge >= 0.3 is 6.03 Å². The molecule has 2 heterocycles. The van der Waals surface area contributed by atoms with Crippen molar-refractivity contribution in [3.8, 4) is 0 Å². The first-order valence-corrected chi connectivity index (χ1v) is 8.20. The molecule has 0 saturated carbocycles. The van der Waals surface area contributed by atoms with E-state index in [1.54, 1.807) is 11.3 Å². The van der Waals surface area contributed by atoms with Crippen LogP contribution in [0.4, 0.5) is 13.6 Å². The normalized spacial score (nSPS) is 20.4. The van der Waals surface area contributed by atoms with E-state index in [0.717, 1.165) is 17.7 Å². The molecule has 1 aliphatic rings. The Labute approximate surface area is 136 Å². The van der Waals surface area contributed by atoms with Gasteiger partial charge in [0.1, 0.15) is 6.10 Å². The Hall–Kier alpha value is -1.99. The molecule has 7 heteroatoms. The number of carbonyl (C=O) groups is 1. The van der Waals surface area contributed by atoms with Crippen LogP contribution in [0, 0.1) is 11.6 Å². The van der Waals surface area contributed by atoms with Crippen molar-refractivity contribution in [3.63, 3.8) is 0 Å². The maximum Gasteiger partial charge on any atom is 0.315 e. The van der Waals surface area contributed by atoms with Gasteiger partial charge in [0.15, 0.2) is 11.6 Å². The van der Waals surface area contributed by atoms with E-state index in [1.165, 1.54) is 6.07 Å². The summed E-state index contributed by atoms with van der Waals surface area (Å²) in [6.07, 6.45) is 0.146. The van der Waals surface area contributed by atoms with Gasteiger partial charge in [0.2, 0.25) is 0 Å². The molecule has 2 N–H and O–H groups in total. The number of halogens is 2. The Morgan fingerprint density at radius 3 is 2.91 bits per heavy atom. The van der Waals surface area contributed by atoms with Crippen LogP contribution < -0.4 is 10.6 Å². The molecule has 2 aromatic rings. The van der Waals surface area contributed by atoms with Crippen molar-refractivity contribution in [2.75, 3.05) is 6.61 Å². The van der Waals surface area contributed by atoms with E-state index in [1.807, 2.05) is 16.8 Å². The lowest BCUT2D eigenvalue weighted by molar-refractivity contribution is 0.0995. The number of hydrogen-bond acceptors (Lipinski definition) is 3. The van der Waals surface area contributed by atoms with Gasteiger partial charge in [-0.1, -0.05) is 6.07 Å². The Morgan fingerprint density at radius 1 is 1.30 bits per heavy atom. The standard InChI is InChI=1S/C16H16F2N2O2S/c17-12-2-1-11(7-13(12)18)15-14(3-5-22-15)20-16(21)19-8-10-4-6-23-9-10/h1-2,4,6-7,9,14-15H,3,5,8H2,(H2,19,20,21)/t14-,15-/m0/s1. The first-order valence-electron chi connectivity index (χ1n) is 7.25. The second kappa shape index (κ2) is 7.06. The van der Waals surface area contributed by atoms with Crippen molar-refractivity contribution < 1.29 is 18.3 Å². The Kier molecular flexibility index (Phi) is 4.88. The van der Waals surface area contributed by atoms with Crippen LogP contribution in [0.1, 0.15) is 23.7 Å². The fourth-order valence-corrected chi connectivity index (χ4v) is 3.22. The summed E-state index contributed by atoms with van der Waals surface area (Å²) < 4.78 is 32.0. The van der Waals surface area contributed by atoms with Crippen LogP contribution in [0.2, 0.25) is 0 Å². The highest BCUT2D eigenvalue weighted by molar-refractivity contribution is 7.07. The molecule has 1 aromatic heterocycles. The molecule has 2 atom stereocenters. The molecule has 122 valence electrons. The van der Waals surface area contributed by atoms with E-state index in [4.69, 9.17) is 4.74 Å². The van der Waals surface area contributed by atoms with Crippen LogP contribution >= 0.6 is 11.3 Å². The van der Waals surface area contributed by atoms with Gasteiger partial charge in [-0.05, 0) is 46.5 Å². The molecule has 0 spiro atoms. The highest BCUT2D eigenvalue weighted by atomic mass is 32.1. The first kappa shape index (κ1) is 15.9. The van der Waals surface area contributed by atoms with Gasteiger partial charge in [-0.2, -0.15) is 11.3 Å². The zero-order valence-corrected chi connectivity index (χ0v) is 13.0. The van der Waals surface area contributed by atoms with Crippen molar-refractivity contribution in [2.45, 2.75) is 25.1 Å². The lowest BCUT2D eigenvalue weighted by atomic mass is 10.0. The van der Waals surface area contributed by atoms with E-state index in [0.29, 0.717) is 25.1 Å². The van der Waals surface area contributed by atoms with Crippen molar-refractivity contribution >= 4 is 17.4 Å². The molecule has 0 bridgehead atoms. The third-order valence-corrected chi connectivity index (χ3v) is 4.45. The van der Waals surface area contributed by atoms with Crippen molar-refractivity contribution in [1.82, 2.24) is 10.6 Å². The fraction of sp³-hybridized carbons (Fsp3) is 0.312. The molecule has 0 radical (unpaired) electrons. The van der Waals surface area contributed by atoms with Crippen molar-refractivity contribution in [2.24, 2.45) is 0 Å². The maximum atomic E-state index is 13.4. The van der Waals surface area contributed by atoms with Crippen molar-refractivity contribution in [1.29, 1.82) is 0 Å². The summed E-state index contributed by atoms with van der Waals surface area (Å²) in [5.74, 6) is -1.82. The van der Waals surface area contributed by atoms with E-state index >= 15 is 0 Å². The number of amides is 2. The van der Waals surface area contributed by atoms with Gasteiger partial charge in [-0.15, -0.1) is 0 Å². The van der Waals surface area contributed by atoms with Crippen LogP contribution in [-0.2, 0) is 11.3 Å². The molecule has 1 saturated heterocycles. The molecular weight excluding hydrogens is 322 g/mol.